The average molecular weight is 733 g/mol. The number of pyridine rings is 2. The monoisotopic (exact) mass is 733 g/mol. The average Bonchev–Trinajstić information content (AvgIpc) is 2.97. The minimum absolute atomic E-state index is 0. The third-order valence-electron chi connectivity index (χ3n) is 6.98. The predicted molar refractivity (Wildman–Crippen MR) is 174 cm³/mol. The molecule has 4 heteroatoms. The van der Waals surface area contributed by atoms with Crippen molar-refractivity contribution < 1.29 is 20.1 Å². The summed E-state index contributed by atoms with van der Waals surface area (Å²) in [6.45, 7) is 16.1. The van der Waals surface area contributed by atoms with Crippen LogP contribution in [0.3, 0.4) is 0 Å². The fourth-order valence-corrected chi connectivity index (χ4v) is 6.45. The second-order valence-corrected chi connectivity index (χ2v) is 16.8. The molecule has 0 fully saturated rings. The van der Waals surface area contributed by atoms with Crippen molar-refractivity contribution in [3.05, 3.63) is 127 Å². The molecule has 5 aromatic rings. The standard InChI is InChI=1S/C20H18N.C17H22NSi.Ir/c1-15(2)19-14-21-20(17-11-7-4-8-12-17)13-18(19)16-9-5-3-6-10-16;1-13(2)15-11-16(14-9-7-6-8-10-14)18-12-17(15)19(3,4)5;/h3-11,13-15H,1-2H3;6-9,11-13H,1-5H3;/q2*-1;. The predicted octanol–water partition coefficient (Wildman–Crippen LogP) is 9.55. The Morgan fingerprint density at radius 1 is 0.610 bits per heavy atom. The molecule has 2 nitrogen and oxygen atoms in total. The molecule has 1 radical (unpaired) electrons. The summed E-state index contributed by atoms with van der Waals surface area (Å²) >= 11 is 0. The van der Waals surface area contributed by atoms with E-state index in [1.54, 1.807) is 0 Å². The maximum Gasteiger partial charge on any atom is 0.0799 e. The molecule has 0 bridgehead atoms. The minimum Gasteiger partial charge on any atom is -0.305 e. The van der Waals surface area contributed by atoms with Gasteiger partial charge in [-0.15, -0.1) is 71.8 Å². The zero-order valence-electron chi connectivity index (χ0n) is 25.2. The molecule has 0 spiro atoms. The van der Waals surface area contributed by atoms with Crippen LogP contribution in [0.4, 0.5) is 0 Å². The Kier molecular flexibility index (Phi) is 11.5. The van der Waals surface area contributed by atoms with Gasteiger partial charge in [0.25, 0.3) is 0 Å². The number of hydrogen-bond donors (Lipinski definition) is 0. The zero-order chi connectivity index (χ0) is 28.7. The van der Waals surface area contributed by atoms with E-state index in [0.717, 1.165) is 22.5 Å². The molecule has 0 atom stereocenters. The number of aromatic nitrogens is 2. The van der Waals surface area contributed by atoms with E-state index in [9.17, 15) is 0 Å². The van der Waals surface area contributed by atoms with Crippen molar-refractivity contribution in [2.24, 2.45) is 0 Å². The first-order valence-electron chi connectivity index (χ1n) is 14.1. The summed E-state index contributed by atoms with van der Waals surface area (Å²) in [5, 5.41) is 1.47. The van der Waals surface area contributed by atoms with Gasteiger partial charge < -0.3 is 9.97 Å². The van der Waals surface area contributed by atoms with Crippen LogP contribution in [-0.4, -0.2) is 18.0 Å². The van der Waals surface area contributed by atoms with Crippen LogP contribution in [-0.2, 0) is 20.1 Å². The molecule has 0 aliphatic heterocycles. The third-order valence-corrected chi connectivity index (χ3v) is 9.01. The van der Waals surface area contributed by atoms with Crippen molar-refractivity contribution in [3.8, 4) is 33.6 Å². The van der Waals surface area contributed by atoms with Gasteiger partial charge in [-0.1, -0.05) is 95.4 Å². The second kappa shape index (κ2) is 14.6. The van der Waals surface area contributed by atoms with Gasteiger partial charge in [0, 0.05) is 32.5 Å². The van der Waals surface area contributed by atoms with Crippen LogP contribution in [0, 0.1) is 12.1 Å². The molecule has 0 N–H and O–H groups in total. The first-order valence-corrected chi connectivity index (χ1v) is 17.6. The molecule has 0 saturated heterocycles. The fourth-order valence-electron chi connectivity index (χ4n) is 4.77. The minimum atomic E-state index is -1.34. The quantitative estimate of drug-likeness (QED) is 0.128. The first-order chi connectivity index (χ1) is 19.1. The Hall–Kier alpha value is -3.17. The van der Waals surface area contributed by atoms with E-state index in [0.29, 0.717) is 11.8 Å². The number of hydrogen-bond acceptors (Lipinski definition) is 2. The van der Waals surface area contributed by atoms with Gasteiger partial charge in [0.2, 0.25) is 0 Å². The number of benzene rings is 3. The summed E-state index contributed by atoms with van der Waals surface area (Å²) in [7, 11) is -1.34. The van der Waals surface area contributed by atoms with E-state index in [1.807, 2.05) is 54.7 Å². The van der Waals surface area contributed by atoms with Gasteiger partial charge in [-0.25, -0.2) is 0 Å². The molecule has 213 valence electrons. The SMILES string of the molecule is CC(C)c1cc(-c2[c-]cccc2)ncc1[Si](C)(C)C.CC(C)c1cnc(-c2[c-]cccc2)cc1-c1ccccc1.[Ir]. The van der Waals surface area contributed by atoms with Gasteiger partial charge in [0.15, 0.2) is 0 Å². The first kappa shape index (κ1) is 32.3. The van der Waals surface area contributed by atoms with Crippen molar-refractivity contribution in [3.63, 3.8) is 0 Å². The molecule has 0 saturated carbocycles. The Morgan fingerprint density at radius 3 is 1.61 bits per heavy atom. The van der Waals surface area contributed by atoms with E-state index in [-0.39, 0.29) is 20.1 Å². The van der Waals surface area contributed by atoms with E-state index in [1.165, 1.54) is 27.4 Å². The molecule has 5 rings (SSSR count). The molecule has 0 amide bonds. The summed E-state index contributed by atoms with van der Waals surface area (Å²) in [4.78, 5) is 9.29. The molecule has 3 aromatic carbocycles. The van der Waals surface area contributed by atoms with Crippen LogP contribution >= 0.6 is 0 Å². The molecular formula is C37H40IrN2Si-2. The maximum atomic E-state index is 4.66. The molecule has 0 aliphatic carbocycles. The molecule has 0 unspecified atom stereocenters. The Labute approximate surface area is 261 Å². The summed E-state index contributed by atoms with van der Waals surface area (Å²) in [6.07, 6.45) is 4.10. The van der Waals surface area contributed by atoms with E-state index in [4.69, 9.17) is 0 Å². The maximum absolute atomic E-state index is 4.66. The summed E-state index contributed by atoms with van der Waals surface area (Å²) in [5.41, 5.74) is 9.33. The van der Waals surface area contributed by atoms with E-state index in [2.05, 4.69) is 118 Å². The number of rotatable bonds is 6. The van der Waals surface area contributed by atoms with E-state index >= 15 is 0 Å². The van der Waals surface area contributed by atoms with Crippen LogP contribution in [0.25, 0.3) is 33.6 Å². The van der Waals surface area contributed by atoms with Crippen molar-refractivity contribution in [2.75, 3.05) is 0 Å². The van der Waals surface area contributed by atoms with Crippen LogP contribution < -0.4 is 5.19 Å². The van der Waals surface area contributed by atoms with Gasteiger partial charge >= 0.3 is 0 Å². The van der Waals surface area contributed by atoms with Crippen molar-refractivity contribution in [2.45, 2.75) is 59.2 Å². The Morgan fingerprint density at radius 2 is 1.12 bits per heavy atom. The third kappa shape index (κ3) is 8.42. The summed E-state index contributed by atoms with van der Waals surface area (Å²) in [5.74, 6) is 0.980. The second-order valence-electron chi connectivity index (χ2n) is 11.8. The van der Waals surface area contributed by atoms with Crippen molar-refractivity contribution >= 4 is 13.3 Å². The molecular weight excluding hydrogens is 693 g/mol. The summed E-state index contributed by atoms with van der Waals surface area (Å²) in [6, 6.07) is 37.5. The normalized spacial score (nSPS) is 11.0. The van der Waals surface area contributed by atoms with Gasteiger partial charge in [-0.3, -0.25) is 0 Å². The molecule has 2 heterocycles. The topological polar surface area (TPSA) is 25.8 Å². The molecule has 2 aromatic heterocycles. The van der Waals surface area contributed by atoms with Gasteiger partial charge in [0.1, 0.15) is 0 Å². The zero-order valence-corrected chi connectivity index (χ0v) is 28.6. The van der Waals surface area contributed by atoms with Gasteiger partial charge in [-0.2, -0.15) is 0 Å². The van der Waals surface area contributed by atoms with Crippen LogP contribution in [0.2, 0.25) is 19.6 Å². The molecule has 0 aliphatic rings. The van der Waals surface area contributed by atoms with Crippen LogP contribution in [0.1, 0.15) is 50.7 Å². The Bertz CT molecular complexity index is 1510. The van der Waals surface area contributed by atoms with Crippen LogP contribution in [0.5, 0.6) is 0 Å². The van der Waals surface area contributed by atoms with Crippen LogP contribution in [0.15, 0.2) is 103 Å². The van der Waals surface area contributed by atoms with Gasteiger partial charge in [-0.05, 0) is 45.1 Å². The van der Waals surface area contributed by atoms with Gasteiger partial charge in [0.05, 0.1) is 8.07 Å². The Balaban J connectivity index is 0.000000221. The largest absolute Gasteiger partial charge is 0.305 e. The molecule has 41 heavy (non-hydrogen) atoms. The van der Waals surface area contributed by atoms with E-state index < -0.39 is 8.07 Å². The summed E-state index contributed by atoms with van der Waals surface area (Å²) < 4.78 is 0. The van der Waals surface area contributed by atoms with Crippen molar-refractivity contribution in [1.29, 1.82) is 0 Å². The van der Waals surface area contributed by atoms with Crippen molar-refractivity contribution in [1.82, 2.24) is 9.97 Å². The number of nitrogens with zero attached hydrogens (tertiary/aromatic N) is 2. The fraction of sp³-hybridized carbons (Fsp3) is 0.243. The smallest absolute Gasteiger partial charge is 0.0799 e.